The molecule has 0 unspecified atom stereocenters. The quantitative estimate of drug-likeness (QED) is 0.573. The molecule has 0 saturated heterocycles. The van der Waals surface area contributed by atoms with E-state index in [1.807, 2.05) is 0 Å². The highest BCUT2D eigenvalue weighted by Gasteiger charge is 2.27. The van der Waals surface area contributed by atoms with Gasteiger partial charge in [-0.3, -0.25) is 9.78 Å². The van der Waals surface area contributed by atoms with E-state index >= 15 is 0 Å². The Bertz CT molecular complexity index is 351. The summed E-state index contributed by atoms with van der Waals surface area (Å²) in [5.74, 6) is -0.145. The van der Waals surface area contributed by atoms with Gasteiger partial charge in [0, 0.05) is 31.0 Å². The van der Waals surface area contributed by atoms with Gasteiger partial charge in [-0.2, -0.15) is 13.2 Å². The lowest BCUT2D eigenvalue weighted by atomic mass is 10.1. The number of ether oxygens (including phenoxy) is 1. The van der Waals surface area contributed by atoms with Gasteiger partial charge in [0.25, 0.3) is 0 Å². The molecule has 94 valence electrons. The Morgan fingerprint density at radius 3 is 2.76 bits per heavy atom. The Labute approximate surface area is 96.6 Å². The molecule has 0 aromatic carbocycles. The van der Waals surface area contributed by atoms with Gasteiger partial charge < -0.3 is 4.74 Å². The van der Waals surface area contributed by atoms with Gasteiger partial charge in [0.2, 0.25) is 0 Å². The van der Waals surface area contributed by atoms with E-state index in [0.717, 1.165) is 0 Å². The number of alkyl halides is 3. The molecule has 0 amide bonds. The van der Waals surface area contributed by atoms with Crippen LogP contribution in [0.3, 0.4) is 0 Å². The third-order valence-corrected chi connectivity index (χ3v) is 1.94. The number of hydrogen-bond donors (Lipinski definition) is 0. The van der Waals surface area contributed by atoms with E-state index in [2.05, 4.69) is 9.72 Å². The van der Waals surface area contributed by atoms with Crippen LogP contribution in [0.25, 0.3) is 0 Å². The van der Waals surface area contributed by atoms with E-state index in [4.69, 9.17) is 0 Å². The Hall–Kier alpha value is -1.43. The van der Waals surface area contributed by atoms with Crippen molar-refractivity contribution in [2.45, 2.75) is 19.0 Å². The number of halogens is 3. The van der Waals surface area contributed by atoms with Crippen molar-refractivity contribution in [2.24, 2.45) is 0 Å². The number of aromatic nitrogens is 1. The van der Waals surface area contributed by atoms with Crippen LogP contribution < -0.4 is 0 Å². The summed E-state index contributed by atoms with van der Waals surface area (Å²) in [4.78, 5) is 15.3. The first-order chi connectivity index (χ1) is 7.99. The van der Waals surface area contributed by atoms with Crippen molar-refractivity contribution in [3.8, 4) is 0 Å². The largest absolute Gasteiger partial charge is 0.411 e. The molecule has 0 spiro atoms. The lowest BCUT2D eigenvalue weighted by Crippen LogP contribution is -2.17. The number of Topliss-reactive ketones (excluding diaryl/α,β-unsaturated/α-hetero) is 1. The molecular weight excluding hydrogens is 235 g/mol. The van der Waals surface area contributed by atoms with Crippen LogP contribution in [0.1, 0.15) is 23.2 Å². The fraction of sp³-hybridized carbons (Fsp3) is 0.455. The fourth-order valence-electron chi connectivity index (χ4n) is 1.19. The Balaban J connectivity index is 2.18. The summed E-state index contributed by atoms with van der Waals surface area (Å²) in [5.41, 5.74) is 0.461. The fourth-order valence-corrected chi connectivity index (χ4v) is 1.19. The smallest absolute Gasteiger partial charge is 0.372 e. The number of hydrogen-bond acceptors (Lipinski definition) is 3. The molecule has 1 aromatic rings. The lowest BCUT2D eigenvalue weighted by Gasteiger charge is -2.06. The van der Waals surface area contributed by atoms with Gasteiger partial charge in [0.1, 0.15) is 6.61 Å². The molecule has 1 heterocycles. The number of ketones is 1. The normalized spacial score (nSPS) is 11.5. The average Bonchev–Trinajstić information content (AvgIpc) is 2.28. The highest BCUT2D eigenvalue weighted by Crippen LogP contribution is 2.14. The average molecular weight is 247 g/mol. The molecule has 0 aliphatic heterocycles. The molecule has 0 atom stereocenters. The van der Waals surface area contributed by atoms with Gasteiger partial charge in [0.05, 0.1) is 0 Å². The summed E-state index contributed by atoms with van der Waals surface area (Å²) in [6.07, 6.45) is -0.914. The van der Waals surface area contributed by atoms with Gasteiger partial charge in [-0.05, 0) is 18.6 Å². The van der Waals surface area contributed by atoms with Gasteiger partial charge in [-0.1, -0.05) is 0 Å². The minimum absolute atomic E-state index is 0.0779. The van der Waals surface area contributed by atoms with Crippen LogP contribution >= 0.6 is 0 Å². The van der Waals surface area contributed by atoms with Crippen LogP contribution in [0.15, 0.2) is 24.5 Å². The summed E-state index contributed by atoms with van der Waals surface area (Å²) in [6.45, 7) is -1.35. The van der Waals surface area contributed by atoms with Crippen molar-refractivity contribution >= 4 is 5.78 Å². The van der Waals surface area contributed by atoms with E-state index in [1.165, 1.54) is 6.20 Å². The van der Waals surface area contributed by atoms with Crippen molar-refractivity contribution in [3.05, 3.63) is 30.1 Å². The third kappa shape index (κ3) is 6.01. The maximum atomic E-state index is 11.7. The number of nitrogens with zero attached hydrogens (tertiary/aromatic N) is 1. The molecule has 0 fully saturated rings. The SMILES string of the molecule is O=C(CCCOCC(F)(F)F)c1cccnc1. The highest BCUT2D eigenvalue weighted by molar-refractivity contribution is 5.95. The summed E-state index contributed by atoms with van der Waals surface area (Å²) in [5, 5.41) is 0. The molecule has 0 aliphatic carbocycles. The van der Waals surface area contributed by atoms with Gasteiger partial charge in [0.15, 0.2) is 5.78 Å². The van der Waals surface area contributed by atoms with Crippen LogP contribution in [-0.4, -0.2) is 30.2 Å². The lowest BCUT2D eigenvalue weighted by molar-refractivity contribution is -0.173. The Kier molecular flexibility index (Phi) is 5.09. The number of carbonyl (C=O) groups excluding carboxylic acids is 1. The summed E-state index contributed by atoms with van der Waals surface area (Å²) in [6, 6.07) is 3.25. The molecule has 1 rings (SSSR count). The van der Waals surface area contributed by atoms with Crippen LogP contribution in [0, 0.1) is 0 Å². The van der Waals surface area contributed by atoms with E-state index < -0.39 is 12.8 Å². The maximum absolute atomic E-state index is 11.7. The first kappa shape index (κ1) is 13.6. The minimum Gasteiger partial charge on any atom is -0.372 e. The second-order valence-corrected chi connectivity index (χ2v) is 3.44. The number of carbonyl (C=O) groups is 1. The molecule has 0 radical (unpaired) electrons. The van der Waals surface area contributed by atoms with Crippen LogP contribution in [0.2, 0.25) is 0 Å². The van der Waals surface area contributed by atoms with Gasteiger partial charge in [-0.15, -0.1) is 0 Å². The first-order valence-electron chi connectivity index (χ1n) is 5.07. The van der Waals surface area contributed by atoms with Crippen molar-refractivity contribution in [3.63, 3.8) is 0 Å². The molecule has 1 aromatic heterocycles. The van der Waals surface area contributed by atoms with Crippen molar-refractivity contribution in [2.75, 3.05) is 13.2 Å². The molecule has 0 N–H and O–H groups in total. The number of rotatable bonds is 6. The minimum atomic E-state index is -4.31. The topological polar surface area (TPSA) is 39.2 Å². The highest BCUT2D eigenvalue weighted by atomic mass is 19.4. The van der Waals surface area contributed by atoms with E-state index in [9.17, 15) is 18.0 Å². The van der Waals surface area contributed by atoms with Crippen molar-refractivity contribution < 1.29 is 22.7 Å². The van der Waals surface area contributed by atoms with Gasteiger partial charge in [-0.25, -0.2) is 0 Å². The number of pyridine rings is 1. The van der Waals surface area contributed by atoms with Gasteiger partial charge >= 0.3 is 6.18 Å². The molecule has 17 heavy (non-hydrogen) atoms. The molecule has 0 saturated carbocycles. The zero-order chi connectivity index (χ0) is 12.7. The predicted molar refractivity (Wildman–Crippen MR) is 54.7 cm³/mol. The monoisotopic (exact) mass is 247 g/mol. The molecule has 3 nitrogen and oxygen atoms in total. The second kappa shape index (κ2) is 6.34. The van der Waals surface area contributed by atoms with E-state index in [0.29, 0.717) is 5.56 Å². The summed E-state index contributed by atoms with van der Waals surface area (Å²) in [7, 11) is 0. The summed E-state index contributed by atoms with van der Waals surface area (Å²) >= 11 is 0. The molecule has 6 heteroatoms. The van der Waals surface area contributed by atoms with Crippen LogP contribution in [0.5, 0.6) is 0 Å². The second-order valence-electron chi connectivity index (χ2n) is 3.44. The van der Waals surface area contributed by atoms with Crippen molar-refractivity contribution in [1.29, 1.82) is 0 Å². The van der Waals surface area contributed by atoms with Crippen molar-refractivity contribution in [1.82, 2.24) is 4.98 Å². The van der Waals surface area contributed by atoms with E-state index in [-0.39, 0.29) is 25.2 Å². The zero-order valence-corrected chi connectivity index (χ0v) is 9.04. The maximum Gasteiger partial charge on any atom is 0.411 e. The summed E-state index contributed by atoms with van der Waals surface area (Å²) < 4.78 is 39.5. The Morgan fingerprint density at radius 1 is 1.41 bits per heavy atom. The van der Waals surface area contributed by atoms with Crippen LogP contribution in [-0.2, 0) is 4.74 Å². The molecular formula is C11H12F3NO2. The van der Waals surface area contributed by atoms with Crippen LogP contribution in [0.4, 0.5) is 13.2 Å². The molecule has 0 bridgehead atoms. The van der Waals surface area contributed by atoms with E-state index in [1.54, 1.807) is 18.3 Å². The standard InChI is InChI=1S/C11H12F3NO2/c12-11(13,14)8-17-6-2-4-10(16)9-3-1-5-15-7-9/h1,3,5,7H,2,4,6,8H2. The third-order valence-electron chi connectivity index (χ3n) is 1.94. The zero-order valence-electron chi connectivity index (χ0n) is 9.04. The first-order valence-corrected chi connectivity index (χ1v) is 5.07. The molecule has 0 aliphatic rings. The Morgan fingerprint density at radius 2 is 2.18 bits per heavy atom. The predicted octanol–water partition coefficient (Wildman–Crippen LogP) is 2.62.